The Morgan fingerprint density at radius 2 is 1.90 bits per heavy atom. The zero-order chi connectivity index (χ0) is 34.9. The van der Waals surface area contributed by atoms with Crippen molar-refractivity contribution < 1.29 is 41.5 Å². The fourth-order valence-corrected chi connectivity index (χ4v) is 9.81. The highest BCUT2D eigenvalue weighted by Gasteiger charge is 2.57. The highest BCUT2D eigenvalue weighted by Crippen LogP contribution is 2.54. The summed E-state index contributed by atoms with van der Waals surface area (Å²) in [6, 6.07) is 12.2. The molecule has 3 atom stereocenters. The van der Waals surface area contributed by atoms with Gasteiger partial charge in [-0.2, -0.15) is 5.09 Å². The summed E-state index contributed by atoms with van der Waals surface area (Å²) in [5, 5.41) is 6.27. The molecule has 4 aromatic rings. The summed E-state index contributed by atoms with van der Waals surface area (Å²) in [4.78, 5) is 42.9. The SMILES string of the molecule is CCOP(=O)(NC1(C(=O)OC)CC1)Oc1c2n(ccc1=O)N([C@@H]1c3ccccc3-c3sccc3-c3c1ccc(F)c3F)[C@@H]1COCCN1C2=O. The molecule has 2 aromatic carbocycles. The Kier molecular flexibility index (Phi) is 7.95. The zero-order valence-electron chi connectivity index (χ0n) is 26.9. The topological polar surface area (TPSA) is 129 Å². The Balaban J connectivity index is 1.35. The number of esters is 1. The first-order chi connectivity index (χ1) is 24.1. The third kappa shape index (κ3) is 5.02. The maximum Gasteiger partial charge on any atom is 0.459 e. The maximum absolute atomic E-state index is 16.0. The van der Waals surface area contributed by atoms with E-state index < -0.39 is 60.2 Å². The number of thiophene rings is 1. The number of benzene rings is 2. The molecule has 1 saturated carbocycles. The van der Waals surface area contributed by atoms with Crippen LogP contribution in [0.5, 0.6) is 5.75 Å². The number of methoxy groups -OCH3 is 1. The van der Waals surface area contributed by atoms with Gasteiger partial charge in [-0.25, -0.2) is 13.3 Å². The van der Waals surface area contributed by atoms with Crippen LogP contribution in [0.1, 0.15) is 47.4 Å². The number of fused-ring (bicyclic) bond motifs is 7. The van der Waals surface area contributed by atoms with E-state index in [1.54, 1.807) is 18.0 Å². The lowest BCUT2D eigenvalue weighted by molar-refractivity contribution is -0.143. The van der Waals surface area contributed by atoms with E-state index in [9.17, 15) is 18.9 Å². The number of hydrogen-bond acceptors (Lipinski definition) is 10. The molecule has 0 bridgehead atoms. The highest BCUT2D eigenvalue weighted by molar-refractivity contribution is 7.52. The molecule has 2 fully saturated rings. The Morgan fingerprint density at radius 1 is 1.10 bits per heavy atom. The number of morpholine rings is 1. The predicted molar refractivity (Wildman–Crippen MR) is 178 cm³/mol. The minimum Gasteiger partial charge on any atom is -0.468 e. The van der Waals surface area contributed by atoms with E-state index >= 15 is 8.78 Å². The summed E-state index contributed by atoms with van der Waals surface area (Å²) in [5.74, 6) is -3.87. The molecule has 2 aliphatic heterocycles. The number of carbonyl (C=O) groups is 2. The van der Waals surface area contributed by atoms with Crippen molar-refractivity contribution in [2.75, 3.05) is 38.5 Å². The van der Waals surface area contributed by atoms with E-state index in [0.717, 1.165) is 28.1 Å². The second-order valence-electron chi connectivity index (χ2n) is 12.3. The van der Waals surface area contributed by atoms with Crippen molar-refractivity contribution in [3.05, 3.63) is 98.8 Å². The fraction of sp³-hybridized carbons (Fsp3) is 0.324. The molecular formula is C34H31F2N4O8PS. The van der Waals surface area contributed by atoms with E-state index in [1.165, 1.54) is 40.3 Å². The van der Waals surface area contributed by atoms with Crippen LogP contribution < -0.4 is 20.0 Å². The number of hydrogen-bond donors (Lipinski definition) is 1. The van der Waals surface area contributed by atoms with Crippen molar-refractivity contribution in [3.63, 3.8) is 0 Å². The first kappa shape index (κ1) is 32.8. The monoisotopic (exact) mass is 724 g/mol. The quantitative estimate of drug-likeness (QED) is 0.192. The number of halogens is 2. The molecule has 2 aromatic heterocycles. The molecule has 1 amide bonds. The average Bonchev–Trinajstić information content (AvgIpc) is 3.76. The Labute approximate surface area is 288 Å². The summed E-state index contributed by atoms with van der Waals surface area (Å²) in [6.45, 7) is 1.81. The van der Waals surface area contributed by atoms with Gasteiger partial charge >= 0.3 is 13.7 Å². The van der Waals surface area contributed by atoms with Crippen LogP contribution in [0.15, 0.2) is 64.9 Å². The first-order valence-corrected chi connectivity index (χ1v) is 18.4. The third-order valence-electron chi connectivity index (χ3n) is 9.46. The minimum absolute atomic E-state index is 0.0492. The van der Waals surface area contributed by atoms with Gasteiger partial charge in [-0.05, 0) is 54.0 Å². The number of amides is 1. The molecule has 0 radical (unpaired) electrons. The van der Waals surface area contributed by atoms with Crippen LogP contribution in [-0.4, -0.2) is 66.6 Å². The molecule has 12 nitrogen and oxygen atoms in total. The normalized spacial score (nSPS) is 21.1. The van der Waals surface area contributed by atoms with Gasteiger partial charge in [-0.15, -0.1) is 11.3 Å². The molecule has 260 valence electrons. The Hall–Kier alpha value is -4.40. The smallest absolute Gasteiger partial charge is 0.459 e. The van der Waals surface area contributed by atoms with Crippen molar-refractivity contribution >= 4 is 31.0 Å². The van der Waals surface area contributed by atoms with Crippen LogP contribution in [0.2, 0.25) is 0 Å². The summed E-state index contributed by atoms with van der Waals surface area (Å²) in [7, 11) is -3.28. The number of nitrogens with zero attached hydrogens (tertiary/aromatic N) is 3. The van der Waals surface area contributed by atoms with Gasteiger partial charge in [0.05, 0.1) is 33.0 Å². The van der Waals surface area contributed by atoms with Crippen molar-refractivity contribution in [1.29, 1.82) is 0 Å². The number of nitrogens with one attached hydrogen (secondary N) is 1. The largest absolute Gasteiger partial charge is 0.468 e. The molecule has 2 aliphatic carbocycles. The zero-order valence-corrected chi connectivity index (χ0v) is 28.6. The van der Waals surface area contributed by atoms with Crippen molar-refractivity contribution in [2.45, 2.75) is 37.5 Å². The lowest BCUT2D eigenvalue weighted by atomic mass is 9.92. The van der Waals surface area contributed by atoms with E-state index in [1.807, 2.05) is 29.6 Å². The van der Waals surface area contributed by atoms with Crippen molar-refractivity contribution in [1.82, 2.24) is 14.7 Å². The Morgan fingerprint density at radius 3 is 2.66 bits per heavy atom. The van der Waals surface area contributed by atoms with E-state index in [4.69, 9.17) is 18.5 Å². The number of rotatable bonds is 8. The predicted octanol–water partition coefficient (Wildman–Crippen LogP) is 5.19. The molecule has 0 spiro atoms. The third-order valence-corrected chi connectivity index (χ3v) is 12.1. The summed E-state index contributed by atoms with van der Waals surface area (Å²) in [5.41, 5.74) is 0.139. The molecule has 4 heterocycles. The summed E-state index contributed by atoms with van der Waals surface area (Å²) < 4.78 is 69.0. The second-order valence-corrected chi connectivity index (χ2v) is 14.9. The lowest BCUT2D eigenvalue weighted by Gasteiger charge is -2.51. The van der Waals surface area contributed by atoms with Gasteiger partial charge in [0.25, 0.3) is 5.91 Å². The molecule has 4 aliphatic rings. The summed E-state index contributed by atoms with van der Waals surface area (Å²) in [6.07, 6.45) is 1.20. The van der Waals surface area contributed by atoms with E-state index in [2.05, 4.69) is 5.09 Å². The van der Waals surface area contributed by atoms with Gasteiger partial charge in [0, 0.05) is 34.8 Å². The van der Waals surface area contributed by atoms with Gasteiger partial charge in [0.1, 0.15) is 11.7 Å². The Bertz CT molecular complexity index is 2170. The average molecular weight is 725 g/mol. The maximum atomic E-state index is 16.0. The van der Waals surface area contributed by atoms with Gasteiger partial charge in [-0.1, -0.05) is 30.3 Å². The first-order valence-electron chi connectivity index (χ1n) is 16.0. The minimum atomic E-state index is -4.48. The van der Waals surface area contributed by atoms with Crippen LogP contribution in [0.4, 0.5) is 8.78 Å². The van der Waals surface area contributed by atoms with Crippen LogP contribution in [0, 0.1) is 11.6 Å². The standard InChI is InChI=1S/C34H31F2N4O8PS/c1-3-47-49(44,37-34(12-13-34)33(43)45-2)48-30-24(41)10-14-39-29(30)32(42)38-15-16-46-18-25(38)40(39)28-19-6-4-5-7-20(19)31-22(11-17-50-31)26-21(28)8-9-23(35)27(26)36/h4-11,14,17,25,28H,3,12-13,15-16,18H2,1-2H3,(H,37,44)/t25-,28-,49?/m1/s1. The molecule has 8 rings (SSSR count). The fourth-order valence-electron chi connectivity index (χ4n) is 7.10. The van der Waals surface area contributed by atoms with E-state index in [0.29, 0.717) is 11.1 Å². The van der Waals surface area contributed by atoms with Crippen LogP contribution in [-0.2, 0) is 23.4 Å². The van der Waals surface area contributed by atoms with Gasteiger partial charge in [0.2, 0.25) is 11.2 Å². The van der Waals surface area contributed by atoms with Crippen LogP contribution >= 0.6 is 19.1 Å². The highest BCUT2D eigenvalue weighted by atomic mass is 32.1. The second kappa shape index (κ2) is 12.1. The van der Waals surface area contributed by atoms with Crippen molar-refractivity contribution in [2.24, 2.45) is 0 Å². The van der Waals surface area contributed by atoms with Gasteiger partial charge in [0.15, 0.2) is 17.3 Å². The van der Waals surface area contributed by atoms with Crippen LogP contribution in [0.25, 0.3) is 21.6 Å². The molecule has 1 unspecified atom stereocenters. The van der Waals surface area contributed by atoms with Gasteiger partial charge < -0.3 is 18.9 Å². The number of pyridine rings is 1. The van der Waals surface area contributed by atoms with Crippen molar-refractivity contribution in [3.8, 4) is 27.3 Å². The number of carbonyl (C=O) groups excluding carboxylic acids is 2. The lowest BCUT2D eigenvalue weighted by Crippen LogP contribution is -2.66. The van der Waals surface area contributed by atoms with Gasteiger partial charge in [-0.3, -0.25) is 28.6 Å². The van der Waals surface area contributed by atoms with E-state index in [-0.39, 0.29) is 50.5 Å². The summed E-state index contributed by atoms with van der Waals surface area (Å²) >= 11 is 1.40. The molecule has 16 heteroatoms. The number of aromatic nitrogens is 1. The molecule has 1 N–H and O–H groups in total. The van der Waals surface area contributed by atoms with Crippen LogP contribution in [0.3, 0.4) is 0 Å². The molecule has 50 heavy (non-hydrogen) atoms. The number of ether oxygens (including phenoxy) is 2. The molecule has 1 saturated heterocycles. The molecular weight excluding hydrogens is 693 g/mol.